The number of benzene rings is 3. The molecule has 3 aromatic rings. The zero-order valence-electron chi connectivity index (χ0n) is 16.1. The lowest BCUT2D eigenvalue weighted by molar-refractivity contribution is -0.137. The van der Waals surface area contributed by atoms with E-state index in [0.29, 0.717) is 11.3 Å². The molecule has 0 saturated carbocycles. The van der Waals surface area contributed by atoms with E-state index in [1.54, 1.807) is 12.3 Å². The molecule has 150 valence electrons. The molecule has 0 unspecified atom stereocenters. The number of anilines is 1. The fourth-order valence-electron chi connectivity index (χ4n) is 2.65. The van der Waals surface area contributed by atoms with Crippen LogP contribution in [0.4, 0.5) is 24.5 Å². The van der Waals surface area contributed by atoms with Gasteiger partial charge in [0.25, 0.3) is 0 Å². The lowest BCUT2D eigenvalue weighted by atomic mass is 10.1. The standard InChI is InChI=1S/C23H21F3N2O/c1-28(2)21-13-11-20(12-14-21)27-15-18-5-3-4-6-22(18)29-16-17-7-9-19(10-8-17)23(24,25)26/h3-15H,16H2,1-2H3. The van der Waals surface area contributed by atoms with E-state index >= 15 is 0 Å². The van der Waals surface area contributed by atoms with Gasteiger partial charge in [-0.05, 0) is 54.1 Å². The Kier molecular flexibility index (Phi) is 6.22. The third kappa shape index (κ3) is 5.60. The Morgan fingerprint density at radius 3 is 2.17 bits per heavy atom. The summed E-state index contributed by atoms with van der Waals surface area (Å²) in [7, 11) is 3.95. The van der Waals surface area contributed by atoms with Crippen LogP contribution < -0.4 is 9.64 Å². The minimum absolute atomic E-state index is 0.167. The van der Waals surface area contributed by atoms with Gasteiger partial charge in [0.05, 0.1) is 11.3 Å². The molecule has 0 aromatic heterocycles. The van der Waals surface area contributed by atoms with Gasteiger partial charge in [-0.3, -0.25) is 4.99 Å². The van der Waals surface area contributed by atoms with Gasteiger partial charge in [-0.2, -0.15) is 13.2 Å². The van der Waals surface area contributed by atoms with Crippen molar-refractivity contribution in [3.8, 4) is 5.75 Å². The summed E-state index contributed by atoms with van der Waals surface area (Å²) in [5.74, 6) is 0.612. The molecule has 0 radical (unpaired) electrons. The maximum absolute atomic E-state index is 12.7. The maximum atomic E-state index is 12.7. The summed E-state index contributed by atoms with van der Waals surface area (Å²) < 4.78 is 43.8. The zero-order chi connectivity index (χ0) is 20.9. The summed E-state index contributed by atoms with van der Waals surface area (Å²) in [5, 5.41) is 0. The molecule has 0 aliphatic rings. The van der Waals surface area contributed by atoms with Gasteiger partial charge in [-0.1, -0.05) is 24.3 Å². The molecule has 0 fully saturated rings. The van der Waals surface area contributed by atoms with Crippen molar-refractivity contribution in [3.63, 3.8) is 0 Å². The SMILES string of the molecule is CN(C)c1ccc(N=Cc2ccccc2OCc2ccc(C(F)(F)F)cc2)cc1. The average molecular weight is 398 g/mol. The van der Waals surface area contributed by atoms with Crippen molar-refractivity contribution in [2.45, 2.75) is 12.8 Å². The molecule has 0 N–H and O–H groups in total. The number of hydrogen-bond acceptors (Lipinski definition) is 3. The number of nitrogens with zero attached hydrogens (tertiary/aromatic N) is 2. The fraction of sp³-hybridized carbons (Fsp3) is 0.174. The van der Waals surface area contributed by atoms with Crippen LogP contribution in [0.3, 0.4) is 0 Å². The molecular weight excluding hydrogens is 377 g/mol. The predicted molar refractivity (Wildman–Crippen MR) is 110 cm³/mol. The number of ether oxygens (including phenoxy) is 1. The molecule has 0 amide bonds. The highest BCUT2D eigenvalue weighted by Crippen LogP contribution is 2.29. The van der Waals surface area contributed by atoms with Crippen LogP contribution >= 0.6 is 0 Å². The highest BCUT2D eigenvalue weighted by Gasteiger charge is 2.29. The summed E-state index contributed by atoms with van der Waals surface area (Å²) in [6.45, 7) is 0.167. The van der Waals surface area contributed by atoms with E-state index in [2.05, 4.69) is 4.99 Å². The molecule has 3 nitrogen and oxygen atoms in total. The van der Waals surface area contributed by atoms with Gasteiger partial charge in [0.1, 0.15) is 12.4 Å². The quantitative estimate of drug-likeness (QED) is 0.469. The summed E-state index contributed by atoms with van der Waals surface area (Å²) in [4.78, 5) is 6.49. The molecule has 3 rings (SSSR count). The van der Waals surface area contributed by atoms with Gasteiger partial charge in [-0.25, -0.2) is 0 Å². The molecule has 29 heavy (non-hydrogen) atoms. The molecule has 0 spiro atoms. The highest BCUT2D eigenvalue weighted by molar-refractivity contribution is 5.85. The molecule has 0 aliphatic carbocycles. The number of rotatable bonds is 6. The lowest BCUT2D eigenvalue weighted by Crippen LogP contribution is -2.07. The van der Waals surface area contributed by atoms with Crippen LogP contribution in [0.5, 0.6) is 5.75 Å². The number of aliphatic imine (C=N–C) groups is 1. The molecule has 3 aromatic carbocycles. The van der Waals surface area contributed by atoms with Gasteiger partial charge < -0.3 is 9.64 Å². The Morgan fingerprint density at radius 2 is 1.55 bits per heavy atom. The second kappa shape index (κ2) is 8.82. The van der Waals surface area contributed by atoms with Crippen molar-refractivity contribution in [1.29, 1.82) is 0 Å². The van der Waals surface area contributed by atoms with Crippen LogP contribution in [0.2, 0.25) is 0 Å². The van der Waals surface area contributed by atoms with Crippen LogP contribution in [0, 0.1) is 0 Å². The minimum atomic E-state index is -4.34. The second-order valence-corrected chi connectivity index (χ2v) is 6.69. The van der Waals surface area contributed by atoms with Gasteiger partial charge in [0, 0.05) is 31.6 Å². The van der Waals surface area contributed by atoms with Crippen molar-refractivity contribution in [2.75, 3.05) is 19.0 Å². The van der Waals surface area contributed by atoms with Crippen molar-refractivity contribution in [1.82, 2.24) is 0 Å². The Labute approximate surface area is 168 Å². The van der Waals surface area contributed by atoms with E-state index in [1.807, 2.05) is 61.5 Å². The summed E-state index contributed by atoms with van der Waals surface area (Å²) in [6, 6.07) is 20.2. The predicted octanol–water partition coefficient (Wildman–Crippen LogP) is 6.10. The van der Waals surface area contributed by atoms with Crippen molar-refractivity contribution >= 4 is 17.6 Å². The van der Waals surface area contributed by atoms with Crippen LogP contribution in [-0.4, -0.2) is 20.3 Å². The second-order valence-electron chi connectivity index (χ2n) is 6.69. The molecule has 0 heterocycles. The third-order valence-corrected chi connectivity index (χ3v) is 4.31. The first-order chi connectivity index (χ1) is 13.8. The van der Waals surface area contributed by atoms with E-state index in [4.69, 9.17) is 4.74 Å². The van der Waals surface area contributed by atoms with E-state index in [1.165, 1.54) is 12.1 Å². The van der Waals surface area contributed by atoms with Gasteiger partial charge in [0.2, 0.25) is 0 Å². The molecular formula is C23H21F3N2O. The van der Waals surface area contributed by atoms with E-state index in [-0.39, 0.29) is 6.61 Å². The topological polar surface area (TPSA) is 24.8 Å². The first-order valence-electron chi connectivity index (χ1n) is 9.02. The van der Waals surface area contributed by atoms with Crippen LogP contribution in [0.1, 0.15) is 16.7 Å². The summed E-state index contributed by atoms with van der Waals surface area (Å²) >= 11 is 0. The first kappa shape index (κ1) is 20.5. The smallest absolute Gasteiger partial charge is 0.416 e. The van der Waals surface area contributed by atoms with Crippen LogP contribution in [-0.2, 0) is 12.8 Å². The van der Waals surface area contributed by atoms with Crippen molar-refractivity contribution in [2.24, 2.45) is 4.99 Å². The summed E-state index contributed by atoms with van der Waals surface area (Å²) in [6.07, 6.45) is -2.63. The Morgan fingerprint density at radius 1 is 0.897 bits per heavy atom. The van der Waals surface area contributed by atoms with Gasteiger partial charge in [-0.15, -0.1) is 0 Å². The number of alkyl halides is 3. The fourth-order valence-corrected chi connectivity index (χ4v) is 2.65. The first-order valence-corrected chi connectivity index (χ1v) is 9.02. The molecule has 0 bridgehead atoms. The maximum Gasteiger partial charge on any atom is 0.416 e. The van der Waals surface area contributed by atoms with Crippen molar-refractivity contribution < 1.29 is 17.9 Å². The Hall–Kier alpha value is -3.28. The van der Waals surface area contributed by atoms with Crippen molar-refractivity contribution in [3.05, 3.63) is 89.5 Å². The molecule has 0 aliphatic heterocycles. The van der Waals surface area contributed by atoms with E-state index in [0.717, 1.165) is 29.1 Å². The van der Waals surface area contributed by atoms with E-state index < -0.39 is 11.7 Å². The highest BCUT2D eigenvalue weighted by atomic mass is 19.4. The number of hydrogen-bond donors (Lipinski definition) is 0. The Bertz CT molecular complexity index is 963. The van der Waals surface area contributed by atoms with Gasteiger partial charge in [0.15, 0.2) is 0 Å². The zero-order valence-corrected chi connectivity index (χ0v) is 16.1. The summed E-state index contributed by atoms with van der Waals surface area (Å²) in [5.41, 5.74) is 2.67. The average Bonchev–Trinajstić information content (AvgIpc) is 2.71. The Balaban J connectivity index is 1.69. The van der Waals surface area contributed by atoms with Crippen LogP contribution in [0.25, 0.3) is 0 Å². The molecule has 0 atom stereocenters. The monoisotopic (exact) mass is 398 g/mol. The van der Waals surface area contributed by atoms with Gasteiger partial charge >= 0.3 is 6.18 Å². The lowest BCUT2D eigenvalue weighted by Gasteiger charge is -2.12. The van der Waals surface area contributed by atoms with E-state index in [9.17, 15) is 13.2 Å². The number of halogens is 3. The third-order valence-electron chi connectivity index (χ3n) is 4.31. The number of para-hydroxylation sites is 1. The largest absolute Gasteiger partial charge is 0.488 e. The molecule has 0 saturated heterocycles. The van der Waals surface area contributed by atoms with Crippen LogP contribution in [0.15, 0.2) is 77.8 Å². The minimum Gasteiger partial charge on any atom is -0.488 e. The normalized spacial score (nSPS) is 11.6. The molecule has 6 heteroatoms.